The lowest BCUT2D eigenvalue weighted by molar-refractivity contribution is -0.136. The Balaban J connectivity index is 2.08. The molecule has 21 heavy (non-hydrogen) atoms. The zero-order chi connectivity index (χ0) is 15.0. The first-order valence-corrected chi connectivity index (χ1v) is 6.64. The van der Waals surface area contributed by atoms with Crippen LogP contribution in [0.3, 0.4) is 0 Å². The molecular formula is C14H14N4O3. The maximum Gasteiger partial charge on any atom is 0.275 e. The van der Waals surface area contributed by atoms with Gasteiger partial charge in [-0.1, -0.05) is 6.07 Å². The number of imide groups is 1. The molecule has 1 aromatic carbocycles. The summed E-state index contributed by atoms with van der Waals surface area (Å²) in [6.45, 7) is 0.381. The average Bonchev–Trinajstić information content (AvgIpc) is 2.48. The first-order valence-electron chi connectivity index (χ1n) is 6.64. The van der Waals surface area contributed by atoms with Gasteiger partial charge in [-0.05, 0) is 24.1 Å². The summed E-state index contributed by atoms with van der Waals surface area (Å²) in [5.74, 6) is -0.809. The molecule has 1 aliphatic rings. The first kappa shape index (κ1) is 13.4. The van der Waals surface area contributed by atoms with Crippen LogP contribution in [0, 0.1) is 0 Å². The summed E-state index contributed by atoms with van der Waals surface area (Å²) in [6.07, 6.45) is 2.03. The number of nitrogens with one attached hydrogen (secondary N) is 1. The summed E-state index contributed by atoms with van der Waals surface area (Å²) >= 11 is 0. The highest BCUT2D eigenvalue weighted by Gasteiger charge is 2.29. The van der Waals surface area contributed by atoms with Gasteiger partial charge in [0, 0.05) is 18.4 Å². The number of hydrogen-bond acceptors (Lipinski definition) is 5. The van der Waals surface area contributed by atoms with Crippen molar-refractivity contribution in [1.82, 2.24) is 15.1 Å². The third kappa shape index (κ3) is 2.31. The molecule has 3 rings (SSSR count). The van der Waals surface area contributed by atoms with Gasteiger partial charge < -0.3 is 5.73 Å². The average molecular weight is 286 g/mol. The number of nitrogens with two attached hydrogens (primary N) is 1. The maximum absolute atomic E-state index is 12.5. The summed E-state index contributed by atoms with van der Waals surface area (Å²) in [6, 6.07) is 4.52. The largest absolute Gasteiger partial charge is 0.326 e. The highest BCUT2D eigenvalue weighted by molar-refractivity contribution is 5.99. The van der Waals surface area contributed by atoms with Crippen molar-refractivity contribution < 1.29 is 9.59 Å². The third-order valence-electron chi connectivity index (χ3n) is 3.62. The van der Waals surface area contributed by atoms with Crippen LogP contribution >= 0.6 is 0 Å². The molecular weight excluding hydrogens is 272 g/mol. The minimum Gasteiger partial charge on any atom is -0.326 e. The molecule has 0 aliphatic carbocycles. The number of nitrogens with zero attached hydrogens (tertiary/aromatic N) is 2. The lowest BCUT2D eigenvalue weighted by atomic mass is 10.1. The van der Waals surface area contributed by atoms with E-state index in [4.69, 9.17) is 5.73 Å². The van der Waals surface area contributed by atoms with Crippen LogP contribution in [0.4, 0.5) is 0 Å². The lowest BCUT2D eigenvalue weighted by Gasteiger charge is -2.21. The number of rotatable bonds is 2. The van der Waals surface area contributed by atoms with Crippen molar-refractivity contribution in [3.8, 4) is 0 Å². The highest BCUT2D eigenvalue weighted by atomic mass is 16.2. The number of piperidine rings is 1. The summed E-state index contributed by atoms with van der Waals surface area (Å²) in [7, 11) is 0. The van der Waals surface area contributed by atoms with Crippen LogP contribution in [0.15, 0.2) is 29.2 Å². The molecule has 3 N–H and O–H groups in total. The van der Waals surface area contributed by atoms with Gasteiger partial charge in [0.25, 0.3) is 11.5 Å². The van der Waals surface area contributed by atoms with E-state index in [-0.39, 0.29) is 24.3 Å². The van der Waals surface area contributed by atoms with E-state index in [2.05, 4.69) is 10.4 Å². The number of carbonyl (C=O) groups is 2. The fraction of sp³-hybridized carbons (Fsp3) is 0.286. The molecule has 1 fully saturated rings. The van der Waals surface area contributed by atoms with Crippen LogP contribution in [0.5, 0.6) is 0 Å². The summed E-state index contributed by atoms with van der Waals surface area (Å²) in [5, 5.41) is 7.46. The van der Waals surface area contributed by atoms with Gasteiger partial charge >= 0.3 is 0 Å². The standard InChI is InChI=1S/C14H14N4O3/c15-6-8-1-2-10-9(5-8)7-16-18(14(10)21)11-3-4-12(19)17-13(11)20/h1-2,5,7,11H,3-4,6,15H2,(H,17,19,20). The van der Waals surface area contributed by atoms with Gasteiger partial charge in [-0.3, -0.25) is 19.7 Å². The molecule has 108 valence electrons. The number of carbonyl (C=O) groups excluding carboxylic acids is 2. The minimum absolute atomic E-state index is 0.203. The fourth-order valence-electron chi connectivity index (χ4n) is 2.48. The third-order valence-corrected chi connectivity index (χ3v) is 3.62. The Morgan fingerprint density at radius 3 is 2.86 bits per heavy atom. The Labute approximate surface area is 119 Å². The Bertz CT molecular complexity index is 796. The van der Waals surface area contributed by atoms with Crippen LogP contribution in [0.2, 0.25) is 0 Å². The number of benzene rings is 1. The second-order valence-electron chi connectivity index (χ2n) is 4.99. The SMILES string of the molecule is NCc1ccc2c(=O)n(C3CCC(=O)NC3=O)ncc2c1. The van der Waals surface area contributed by atoms with Gasteiger partial charge in [-0.25, -0.2) is 4.68 Å². The fourth-order valence-corrected chi connectivity index (χ4v) is 2.48. The second kappa shape index (κ2) is 5.10. The molecule has 1 aromatic heterocycles. The predicted molar refractivity (Wildman–Crippen MR) is 75.3 cm³/mol. The number of aromatic nitrogens is 2. The summed E-state index contributed by atoms with van der Waals surface area (Å²) < 4.78 is 1.15. The molecule has 1 atom stereocenters. The van der Waals surface area contributed by atoms with E-state index < -0.39 is 11.9 Å². The molecule has 0 spiro atoms. The Morgan fingerprint density at radius 2 is 2.14 bits per heavy atom. The van der Waals surface area contributed by atoms with E-state index in [0.29, 0.717) is 17.3 Å². The molecule has 7 nitrogen and oxygen atoms in total. The molecule has 7 heteroatoms. The molecule has 0 radical (unpaired) electrons. The monoisotopic (exact) mass is 286 g/mol. The molecule has 2 amide bonds. The van der Waals surface area contributed by atoms with Gasteiger partial charge in [0.15, 0.2) is 0 Å². The van der Waals surface area contributed by atoms with Crippen LogP contribution in [-0.4, -0.2) is 21.6 Å². The Morgan fingerprint density at radius 1 is 1.33 bits per heavy atom. The highest BCUT2D eigenvalue weighted by Crippen LogP contribution is 2.17. The number of hydrogen-bond donors (Lipinski definition) is 2. The molecule has 1 aliphatic heterocycles. The topological polar surface area (TPSA) is 107 Å². The van der Waals surface area contributed by atoms with Gasteiger partial charge in [0.2, 0.25) is 5.91 Å². The van der Waals surface area contributed by atoms with Crippen molar-refractivity contribution in [2.45, 2.75) is 25.4 Å². The van der Waals surface area contributed by atoms with Crippen molar-refractivity contribution in [2.75, 3.05) is 0 Å². The Kier molecular flexibility index (Phi) is 3.26. The Hall–Kier alpha value is -2.54. The van der Waals surface area contributed by atoms with Gasteiger partial charge in [0.1, 0.15) is 6.04 Å². The lowest BCUT2D eigenvalue weighted by Crippen LogP contribution is -2.45. The predicted octanol–water partition coefficient (Wildman–Crippen LogP) is -0.167. The molecule has 0 bridgehead atoms. The van der Waals surface area contributed by atoms with Crippen LogP contribution in [0.1, 0.15) is 24.4 Å². The van der Waals surface area contributed by atoms with Crippen molar-refractivity contribution >= 4 is 22.6 Å². The smallest absolute Gasteiger partial charge is 0.275 e. The normalized spacial score (nSPS) is 18.8. The van der Waals surface area contributed by atoms with E-state index >= 15 is 0 Å². The van der Waals surface area contributed by atoms with Crippen LogP contribution in [0.25, 0.3) is 10.8 Å². The molecule has 1 unspecified atom stereocenters. The van der Waals surface area contributed by atoms with Crippen molar-refractivity contribution in [1.29, 1.82) is 0 Å². The zero-order valence-corrected chi connectivity index (χ0v) is 11.2. The quantitative estimate of drug-likeness (QED) is 0.745. The molecule has 2 heterocycles. The zero-order valence-electron chi connectivity index (χ0n) is 11.2. The van der Waals surface area contributed by atoms with Gasteiger partial charge in [-0.2, -0.15) is 5.10 Å². The number of fused-ring (bicyclic) bond motifs is 1. The van der Waals surface area contributed by atoms with Crippen molar-refractivity contribution in [2.24, 2.45) is 5.73 Å². The van der Waals surface area contributed by atoms with Crippen molar-refractivity contribution in [3.63, 3.8) is 0 Å². The number of amides is 2. The summed E-state index contributed by atoms with van der Waals surface area (Å²) in [4.78, 5) is 35.5. The van der Waals surface area contributed by atoms with Crippen molar-refractivity contribution in [3.05, 3.63) is 40.3 Å². The summed E-state index contributed by atoms with van der Waals surface area (Å²) in [5.41, 5.74) is 6.13. The first-order chi connectivity index (χ1) is 10.1. The minimum atomic E-state index is -0.742. The van der Waals surface area contributed by atoms with Crippen LogP contribution < -0.4 is 16.6 Å². The van der Waals surface area contributed by atoms with E-state index in [0.717, 1.165) is 10.2 Å². The van der Waals surface area contributed by atoms with E-state index in [9.17, 15) is 14.4 Å². The maximum atomic E-state index is 12.5. The molecule has 0 saturated carbocycles. The van der Waals surface area contributed by atoms with Gasteiger partial charge in [-0.15, -0.1) is 0 Å². The molecule has 1 saturated heterocycles. The van der Waals surface area contributed by atoms with E-state index in [1.165, 1.54) is 0 Å². The van der Waals surface area contributed by atoms with Gasteiger partial charge in [0.05, 0.1) is 11.6 Å². The van der Waals surface area contributed by atoms with E-state index in [1.54, 1.807) is 24.4 Å². The second-order valence-corrected chi connectivity index (χ2v) is 4.99. The molecule has 2 aromatic rings. The van der Waals surface area contributed by atoms with Crippen LogP contribution in [-0.2, 0) is 16.1 Å². The van der Waals surface area contributed by atoms with E-state index in [1.807, 2.05) is 0 Å².